The second kappa shape index (κ2) is 7.17. The van der Waals surface area contributed by atoms with Crippen molar-refractivity contribution in [3.8, 4) is 0 Å². The van der Waals surface area contributed by atoms with Crippen LogP contribution in [-0.4, -0.2) is 11.4 Å². The van der Waals surface area contributed by atoms with Crippen molar-refractivity contribution in [2.24, 2.45) is 11.7 Å². The van der Waals surface area contributed by atoms with Crippen molar-refractivity contribution in [2.75, 3.05) is 5.32 Å². The highest BCUT2D eigenvalue weighted by Crippen LogP contribution is 2.35. The minimum Gasteiger partial charge on any atom is -0.371 e. The molecule has 1 saturated carbocycles. The summed E-state index contributed by atoms with van der Waals surface area (Å²) in [5.41, 5.74) is 5.98. The fraction of sp³-hybridized carbons (Fsp3) is 0.588. The van der Waals surface area contributed by atoms with E-state index in [2.05, 4.69) is 12.2 Å². The van der Waals surface area contributed by atoms with Crippen molar-refractivity contribution < 1.29 is 4.79 Å². The van der Waals surface area contributed by atoms with Crippen LogP contribution >= 0.6 is 11.6 Å². The minimum absolute atomic E-state index is 0.250. The lowest BCUT2D eigenvalue weighted by Gasteiger charge is -2.32. The molecule has 1 aliphatic rings. The van der Waals surface area contributed by atoms with E-state index in [1.807, 2.05) is 24.3 Å². The van der Waals surface area contributed by atoms with Crippen LogP contribution in [-0.2, 0) is 4.79 Å². The number of hydrogen-bond donors (Lipinski definition) is 2. The molecule has 0 radical (unpaired) electrons. The van der Waals surface area contributed by atoms with E-state index in [1.54, 1.807) is 0 Å². The molecule has 3 N–H and O–H groups in total. The molecule has 1 fully saturated rings. The molecule has 0 spiro atoms. The number of carbonyl (C=O) groups is 1. The first-order chi connectivity index (χ1) is 10.1. The number of rotatable bonds is 5. The van der Waals surface area contributed by atoms with Crippen LogP contribution in [0.3, 0.4) is 0 Å². The number of halogens is 1. The van der Waals surface area contributed by atoms with Gasteiger partial charge in [0, 0.05) is 10.7 Å². The molecule has 2 unspecified atom stereocenters. The van der Waals surface area contributed by atoms with Crippen LogP contribution in [0.2, 0.25) is 5.02 Å². The van der Waals surface area contributed by atoms with E-state index in [9.17, 15) is 4.79 Å². The number of amides is 1. The van der Waals surface area contributed by atoms with Gasteiger partial charge in [0.05, 0.1) is 0 Å². The molecular weight excluding hydrogens is 284 g/mol. The lowest BCUT2D eigenvalue weighted by molar-refractivity contribution is -0.122. The van der Waals surface area contributed by atoms with Gasteiger partial charge in [-0.15, -0.1) is 0 Å². The third kappa shape index (κ3) is 4.13. The first kappa shape index (κ1) is 16.2. The Morgan fingerprint density at radius 2 is 2.24 bits per heavy atom. The van der Waals surface area contributed by atoms with Gasteiger partial charge in [-0.1, -0.05) is 50.3 Å². The Hall–Kier alpha value is -1.22. The van der Waals surface area contributed by atoms with Crippen molar-refractivity contribution in [2.45, 2.75) is 57.4 Å². The van der Waals surface area contributed by atoms with Gasteiger partial charge in [0.1, 0.15) is 5.54 Å². The van der Waals surface area contributed by atoms with E-state index in [1.165, 1.54) is 19.3 Å². The zero-order chi connectivity index (χ0) is 15.3. The van der Waals surface area contributed by atoms with Gasteiger partial charge in [-0.2, -0.15) is 0 Å². The summed E-state index contributed by atoms with van der Waals surface area (Å²) >= 11 is 6.03. The number of hydrogen-bond acceptors (Lipinski definition) is 2. The zero-order valence-corrected chi connectivity index (χ0v) is 13.5. The molecule has 0 heterocycles. The maximum absolute atomic E-state index is 12.1. The highest BCUT2D eigenvalue weighted by Gasteiger charge is 2.38. The normalized spacial score (nSPS) is 26.1. The van der Waals surface area contributed by atoms with Crippen LogP contribution in [0.1, 0.15) is 51.9 Å². The van der Waals surface area contributed by atoms with E-state index in [0.29, 0.717) is 5.02 Å². The minimum atomic E-state index is -0.632. The molecule has 1 aliphatic carbocycles. The largest absolute Gasteiger partial charge is 0.371 e. The summed E-state index contributed by atoms with van der Waals surface area (Å²) < 4.78 is 0. The second-order valence-corrected chi connectivity index (χ2v) is 6.60. The summed E-state index contributed by atoms with van der Waals surface area (Å²) in [4.78, 5) is 12.1. The highest BCUT2D eigenvalue weighted by atomic mass is 35.5. The fourth-order valence-corrected chi connectivity index (χ4v) is 3.58. The van der Waals surface area contributed by atoms with Crippen LogP contribution in [0, 0.1) is 5.92 Å². The van der Waals surface area contributed by atoms with Crippen LogP contribution in [0.25, 0.3) is 0 Å². The summed E-state index contributed by atoms with van der Waals surface area (Å²) in [5.74, 6) is 0.469. The van der Waals surface area contributed by atoms with Crippen LogP contribution in [0.4, 0.5) is 5.69 Å². The van der Waals surface area contributed by atoms with E-state index < -0.39 is 5.54 Å². The first-order valence-corrected chi connectivity index (χ1v) is 8.27. The zero-order valence-electron chi connectivity index (χ0n) is 12.7. The maximum atomic E-state index is 12.1. The molecule has 1 amide bonds. The maximum Gasteiger partial charge on any atom is 0.243 e. The molecule has 0 aromatic heterocycles. The van der Waals surface area contributed by atoms with Gasteiger partial charge < -0.3 is 11.1 Å². The highest BCUT2D eigenvalue weighted by molar-refractivity contribution is 6.30. The molecule has 116 valence electrons. The quantitative estimate of drug-likeness (QED) is 0.794. The van der Waals surface area contributed by atoms with Crippen molar-refractivity contribution in [1.29, 1.82) is 0 Å². The van der Waals surface area contributed by atoms with Gasteiger partial charge >= 0.3 is 0 Å². The Bertz CT molecular complexity index is 491. The fourth-order valence-electron chi connectivity index (χ4n) is 3.38. The van der Waals surface area contributed by atoms with Crippen molar-refractivity contribution >= 4 is 23.2 Å². The number of nitrogens with two attached hydrogens (primary N) is 1. The lowest BCUT2D eigenvalue weighted by atomic mass is 9.88. The molecule has 21 heavy (non-hydrogen) atoms. The summed E-state index contributed by atoms with van der Waals surface area (Å²) in [6.45, 7) is 2.22. The SMILES string of the molecule is CCCC1CCCC(Nc2cccc(Cl)c2)(C(N)=O)CC1. The summed E-state index contributed by atoms with van der Waals surface area (Å²) in [7, 11) is 0. The molecule has 0 bridgehead atoms. The summed E-state index contributed by atoms with van der Waals surface area (Å²) in [6, 6.07) is 7.50. The van der Waals surface area contributed by atoms with Gasteiger partial charge in [-0.3, -0.25) is 4.79 Å². The van der Waals surface area contributed by atoms with E-state index >= 15 is 0 Å². The predicted molar refractivity (Wildman–Crippen MR) is 88.5 cm³/mol. The van der Waals surface area contributed by atoms with E-state index in [0.717, 1.165) is 37.3 Å². The van der Waals surface area contributed by atoms with E-state index in [4.69, 9.17) is 17.3 Å². The lowest BCUT2D eigenvalue weighted by Crippen LogP contribution is -2.50. The average Bonchev–Trinajstić information content (AvgIpc) is 2.63. The Labute approximate surface area is 132 Å². The second-order valence-electron chi connectivity index (χ2n) is 6.17. The molecule has 2 atom stereocenters. The summed E-state index contributed by atoms with van der Waals surface area (Å²) in [5, 5.41) is 4.04. The smallest absolute Gasteiger partial charge is 0.243 e. The van der Waals surface area contributed by atoms with Crippen LogP contribution in [0.15, 0.2) is 24.3 Å². The standard InChI is InChI=1S/C17H25ClN2O/c1-2-5-13-6-4-10-17(11-9-13,16(19)21)20-15-8-3-7-14(18)12-15/h3,7-8,12-13,20H,2,4-6,9-11H2,1H3,(H2,19,21). The number of carbonyl (C=O) groups excluding carboxylic acids is 1. The van der Waals surface area contributed by atoms with Crippen LogP contribution < -0.4 is 11.1 Å². The number of benzene rings is 1. The molecular formula is C17H25ClN2O. The molecule has 0 saturated heterocycles. The topological polar surface area (TPSA) is 55.1 Å². The monoisotopic (exact) mass is 308 g/mol. The number of primary amides is 1. The molecule has 0 aliphatic heterocycles. The third-order valence-corrected chi connectivity index (χ3v) is 4.81. The van der Waals surface area contributed by atoms with Crippen molar-refractivity contribution in [3.63, 3.8) is 0 Å². The van der Waals surface area contributed by atoms with Gasteiger partial charge in [-0.05, 0) is 43.4 Å². The molecule has 1 aromatic rings. The number of nitrogens with one attached hydrogen (secondary N) is 1. The van der Waals surface area contributed by atoms with Gasteiger partial charge in [0.15, 0.2) is 0 Å². The van der Waals surface area contributed by atoms with Gasteiger partial charge in [0.25, 0.3) is 0 Å². The Kier molecular flexibility index (Phi) is 5.51. The number of anilines is 1. The predicted octanol–water partition coefficient (Wildman–Crippen LogP) is 4.36. The average molecular weight is 309 g/mol. The van der Waals surface area contributed by atoms with Crippen molar-refractivity contribution in [1.82, 2.24) is 0 Å². The Balaban J connectivity index is 2.15. The first-order valence-electron chi connectivity index (χ1n) is 7.89. The molecule has 2 rings (SSSR count). The molecule has 4 heteroatoms. The van der Waals surface area contributed by atoms with Gasteiger partial charge in [0.2, 0.25) is 5.91 Å². The molecule has 1 aromatic carbocycles. The Morgan fingerprint density at radius 1 is 1.43 bits per heavy atom. The van der Waals surface area contributed by atoms with Gasteiger partial charge in [-0.25, -0.2) is 0 Å². The van der Waals surface area contributed by atoms with E-state index in [-0.39, 0.29) is 5.91 Å². The van der Waals surface area contributed by atoms with Crippen molar-refractivity contribution in [3.05, 3.63) is 29.3 Å². The molecule has 3 nitrogen and oxygen atoms in total. The summed E-state index contributed by atoms with van der Waals surface area (Å²) in [6.07, 6.45) is 7.35. The van der Waals surface area contributed by atoms with Crippen LogP contribution in [0.5, 0.6) is 0 Å². The third-order valence-electron chi connectivity index (χ3n) is 4.57. The Morgan fingerprint density at radius 3 is 2.90 bits per heavy atom.